The highest BCUT2D eigenvalue weighted by molar-refractivity contribution is 7.89. The summed E-state index contributed by atoms with van der Waals surface area (Å²) >= 11 is 0. The molecule has 0 unspecified atom stereocenters. The number of benzene rings is 2. The van der Waals surface area contributed by atoms with Crippen LogP contribution >= 0.6 is 0 Å². The van der Waals surface area contributed by atoms with E-state index in [0.717, 1.165) is 24.1 Å². The minimum absolute atomic E-state index is 0.0350. The van der Waals surface area contributed by atoms with Crippen molar-refractivity contribution in [2.24, 2.45) is 0 Å². The van der Waals surface area contributed by atoms with Crippen LogP contribution in [-0.2, 0) is 23.0 Å². The predicted molar refractivity (Wildman–Crippen MR) is 91.8 cm³/mol. The molecule has 0 aliphatic carbocycles. The van der Waals surface area contributed by atoms with Gasteiger partial charge < -0.3 is 9.47 Å². The molecule has 0 radical (unpaired) electrons. The number of hydrogen-bond donors (Lipinski definition) is 1. The van der Waals surface area contributed by atoms with Crippen LogP contribution in [0.2, 0.25) is 0 Å². The Balaban J connectivity index is 1.87. The fourth-order valence-corrected chi connectivity index (χ4v) is 3.94. The Morgan fingerprint density at radius 3 is 2.77 bits per heavy atom. The topological polar surface area (TPSA) is 64.6 Å². The number of ether oxygens (including phenoxy) is 2. The minimum atomic E-state index is -4.23. The smallest absolute Gasteiger partial charge is 0.243 e. The molecule has 8 heteroatoms. The summed E-state index contributed by atoms with van der Waals surface area (Å²) in [5.41, 5.74) is 1.55. The molecule has 26 heavy (non-hydrogen) atoms. The summed E-state index contributed by atoms with van der Waals surface area (Å²) in [5, 5.41) is 0. The first kappa shape index (κ1) is 18.6. The van der Waals surface area contributed by atoms with Crippen molar-refractivity contribution in [2.75, 3.05) is 6.61 Å². The van der Waals surface area contributed by atoms with Crippen LogP contribution in [0, 0.1) is 11.6 Å². The molecular formula is C18H19F2NO4S. The number of hydrogen-bond acceptors (Lipinski definition) is 4. The van der Waals surface area contributed by atoms with Crippen molar-refractivity contribution in [1.82, 2.24) is 4.72 Å². The monoisotopic (exact) mass is 383 g/mol. The number of nitrogens with one attached hydrogen (secondary N) is 1. The fraction of sp³-hybridized carbons (Fsp3) is 0.333. The van der Waals surface area contributed by atoms with Crippen LogP contribution in [0.3, 0.4) is 0 Å². The third-order valence-electron chi connectivity index (χ3n) is 4.01. The van der Waals surface area contributed by atoms with Gasteiger partial charge in [0.2, 0.25) is 10.0 Å². The first-order valence-electron chi connectivity index (χ1n) is 8.20. The zero-order valence-electron chi connectivity index (χ0n) is 14.4. The average Bonchev–Trinajstić information content (AvgIpc) is 2.94. The molecule has 5 nitrogen and oxygen atoms in total. The van der Waals surface area contributed by atoms with E-state index in [0.29, 0.717) is 29.7 Å². The highest BCUT2D eigenvalue weighted by atomic mass is 32.2. The first-order chi connectivity index (χ1) is 12.3. The van der Waals surface area contributed by atoms with Crippen molar-refractivity contribution < 1.29 is 26.7 Å². The van der Waals surface area contributed by atoms with Crippen LogP contribution < -0.4 is 14.2 Å². The molecule has 0 aromatic heterocycles. The highest BCUT2D eigenvalue weighted by Gasteiger charge is 2.24. The van der Waals surface area contributed by atoms with E-state index in [2.05, 4.69) is 4.72 Å². The lowest BCUT2D eigenvalue weighted by atomic mass is 10.1. The SMILES string of the molecule is CCOc1cc2c(cc1CNS(=O)(=O)c1cc(F)ccc1F)O[C@@H](C)C2. The van der Waals surface area contributed by atoms with Gasteiger partial charge in [-0.3, -0.25) is 0 Å². The molecule has 1 N–H and O–H groups in total. The van der Waals surface area contributed by atoms with Gasteiger partial charge in [-0.15, -0.1) is 0 Å². The van der Waals surface area contributed by atoms with E-state index >= 15 is 0 Å². The summed E-state index contributed by atoms with van der Waals surface area (Å²) in [5.74, 6) is -0.643. The van der Waals surface area contributed by atoms with Gasteiger partial charge in [0, 0.05) is 24.1 Å². The molecular weight excluding hydrogens is 364 g/mol. The Bertz CT molecular complexity index is 931. The van der Waals surface area contributed by atoms with Crippen molar-refractivity contribution in [2.45, 2.75) is 37.8 Å². The Labute approximate surface area is 151 Å². The number of rotatable bonds is 6. The number of halogens is 2. The zero-order chi connectivity index (χ0) is 18.9. The van der Waals surface area contributed by atoms with Crippen LogP contribution in [0.15, 0.2) is 35.2 Å². The normalized spacial score (nSPS) is 16.2. The van der Waals surface area contributed by atoms with E-state index in [-0.39, 0.29) is 12.6 Å². The summed E-state index contributed by atoms with van der Waals surface area (Å²) in [6.07, 6.45) is 0.781. The molecule has 0 bridgehead atoms. The molecule has 3 rings (SSSR count). The fourth-order valence-electron chi connectivity index (χ4n) is 2.84. The third kappa shape index (κ3) is 3.81. The van der Waals surface area contributed by atoms with Gasteiger partial charge in [0.05, 0.1) is 6.61 Å². The van der Waals surface area contributed by atoms with Crippen molar-refractivity contribution in [3.63, 3.8) is 0 Å². The summed E-state index contributed by atoms with van der Waals surface area (Å²) in [7, 11) is -4.23. The molecule has 0 amide bonds. The van der Waals surface area contributed by atoms with Crippen LogP contribution in [0.5, 0.6) is 11.5 Å². The average molecular weight is 383 g/mol. The Morgan fingerprint density at radius 2 is 2.04 bits per heavy atom. The number of fused-ring (bicyclic) bond motifs is 1. The second-order valence-corrected chi connectivity index (χ2v) is 7.77. The van der Waals surface area contributed by atoms with Crippen molar-refractivity contribution in [1.29, 1.82) is 0 Å². The van der Waals surface area contributed by atoms with Gasteiger partial charge in [-0.2, -0.15) is 0 Å². The van der Waals surface area contributed by atoms with Gasteiger partial charge in [-0.25, -0.2) is 21.9 Å². The lowest BCUT2D eigenvalue weighted by Gasteiger charge is -2.14. The van der Waals surface area contributed by atoms with Gasteiger partial charge in [0.25, 0.3) is 0 Å². The second kappa shape index (κ2) is 7.20. The van der Waals surface area contributed by atoms with Crippen molar-refractivity contribution in [3.05, 3.63) is 53.1 Å². The predicted octanol–water partition coefficient (Wildman–Crippen LogP) is 3.17. The highest BCUT2D eigenvalue weighted by Crippen LogP contribution is 2.35. The molecule has 0 spiro atoms. The van der Waals surface area contributed by atoms with Gasteiger partial charge in [0.15, 0.2) is 0 Å². The molecule has 0 saturated carbocycles. The maximum atomic E-state index is 13.8. The molecule has 1 aliphatic rings. The van der Waals surface area contributed by atoms with Crippen LogP contribution in [0.1, 0.15) is 25.0 Å². The summed E-state index contributed by atoms with van der Waals surface area (Å²) in [6, 6.07) is 5.83. The lowest BCUT2D eigenvalue weighted by Crippen LogP contribution is -2.24. The van der Waals surface area contributed by atoms with Gasteiger partial charge >= 0.3 is 0 Å². The second-order valence-electron chi connectivity index (χ2n) is 6.03. The number of sulfonamides is 1. The largest absolute Gasteiger partial charge is 0.494 e. The standard InChI is InChI=1S/C18H19F2NO4S/c1-3-24-16-7-12-6-11(2)25-17(12)8-13(16)10-21-26(22,23)18-9-14(19)4-5-15(18)20/h4-5,7-9,11,21H,3,6,10H2,1-2H3/t11-/m0/s1. The molecule has 0 fully saturated rings. The van der Waals surface area contributed by atoms with Gasteiger partial charge in [-0.05, 0) is 44.2 Å². The van der Waals surface area contributed by atoms with E-state index < -0.39 is 26.6 Å². The third-order valence-corrected chi connectivity index (χ3v) is 5.43. The molecule has 1 atom stereocenters. The molecule has 2 aromatic rings. The molecule has 140 valence electrons. The van der Waals surface area contributed by atoms with Crippen molar-refractivity contribution in [3.8, 4) is 11.5 Å². The summed E-state index contributed by atoms with van der Waals surface area (Å²) in [6.45, 7) is 4.03. The Morgan fingerprint density at radius 1 is 1.27 bits per heavy atom. The van der Waals surface area contributed by atoms with Crippen molar-refractivity contribution >= 4 is 10.0 Å². The van der Waals surface area contributed by atoms with E-state index in [9.17, 15) is 17.2 Å². The first-order valence-corrected chi connectivity index (χ1v) is 9.68. The lowest BCUT2D eigenvalue weighted by molar-refractivity contribution is 0.254. The van der Waals surface area contributed by atoms with Crippen LogP contribution in [-0.4, -0.2) is 21.1 Å². The van der Waals surface area contributed by atoms with Crippen LogP contribution in [0.25, 0.3) is 0 Å². The van der Waals surface area contributed by atoms with E-state index in [1.54, 1.807) is 6.07 Å². The maximum Gasteiger partial charge on any atom is 0.243 e. The Hall–Kier alpha value is -2.19. The zero-order valence-corrected chi connectivity index (χ0v) is 15.2. The quantitative estimate of drug-likeness (QED) is 0.832. The van der Waals surface area contributed by atoms with E-state index in [1.807, 2.05) is 19.9 Å². The Kier molecular flexibility index (Phi) is 5.15. The summed E-state index contributed by atoms with van der Waals surface area (Å²) in [4.78, 5) is -0.735. The molecule has 0 saturated heterocycles. The summed E-state index contributed by atoms with van der Waals surface area (Å²) < 4.78 is 65.3. The molecule has 2 aromatic carbocycles. The molecule has 1 aliphatic heterocycles. The van der Waals surface area contributed by atoms with E-state index in [1.165, 1.54) is 0 Å². The minimum Gasteiger partial charge on any atom is -0.494 e. The maximum absolute atomic E-state index is 13.8. The van der Waals surface area contributed by atoms with E-state index in [4.69, 9.17) is 9.47 Å². The van der Waals surface area contributed by atoms with Gasteiger partial charge in [0.1, 0.15) is 34.1 Å². The van der Waals surface area contributed by atoms with Gasteiger partial charge in [-0.1, -0.05) is 0 Å². The van der Waals surface area contributed by atoms with Crippen LogP contribution in [0.4, 0.5) is 8.78 Å². The molecule has 1 heterocycles.